The zero-order valence-corrected chi connectivity index (χ0v) is 12.3. The molecule has 1 atom stereocenters. The summed E-state index contributed by atoms with van der Waals surface area (Å²) in [5, 5.41) is 19.9. The average Bonchev–Trinajstić information content (AvgIpc) is 2.42. The van der Waals surface area contributed by atoms with E-state index in [0.29, 0.717) is 24.4 Å². The molecule has 1 fully saturated rings. The van der Waals surface area contributed by atoms with E-state index in [1.54, 1.807) is 6.07 Å². The van der Waals surface area contributed by atoms with Gasteiger partial charge in [0.1, 0.15) is 0 Å². The maximum Gasteiger partial charge on any atom is 0.306 e. The molecule has 0 radical (unpaired) electrons. The van der Waals surface area contributed by atoms with Crippen molar-refractivity contribution in [2.75, 3.05) is 19.6 Å². The molecular formula is C15H20ClNO3. The van der Waals surface area contributed by atoms with Crippen LogP contribution in [0.5, 0.6) is 0 Å². The van der Waals surface area contributed by atoms with Crippen molar-refractivity contribution in [1.82, 2.24) is 4.90 Å². The lowest BCUT2D eigenvalue weighted by Crippen LogP contribution is -2.38. The fraction of sp³-hybridized carbons (Fsp3) is 0.533. The van der Waals surface area contributed by atoms with Gasteiger partial charge in [-0.1, -0.05) is 23.7 Å². The van der Waals surface area contributed by atoms with E-state index in [1.807, 2.05) is 19.1 Å². The number of benzene rings is 1. The topological polar surface area (TPSA) is 60.8 Å². The number of aliphatic hydroxyl groups is 1. The maximum atomic E-state index is 10.9. The highest BCUT2D eigenvalue weighted by Crippen LogP contribution is 2.23. The molecule has 0 spiro atoms. The molecule has 1 unspecified atom stereocenters. The number of β-amino-alcohol motifs (C(OH)–C–C–N with tert-alkyl or cyclic N) is 1. The Labute approximate surface area is 124 Å². The first-order chi connectivity index (χ1) is 9.47. The van der Waals surface area contributed by atoms with Gasteiger partial charge in [0.05, 0.1) is 12.0 Å². The van der Waals surface area contributed by atoms with Crippen molar-refractivity contribution >= 4 is 17.6 Å². The van der Waals surface area contributed by atoms with Gasteiger partial charge < -0.3 is 15.1 Å². The van der Waals surface area contributed by atoms with Crippen LogP contribution in [0.4, 0.5) is 0 Å². The molecule has 0 aliphatic carbocycles. The van der Waals surface area contributed by atoms with E-state index in [-0.39, 0.29) is 5.92 Å². The number of nitrogens with zero attached hydrogens (tertiary/aromatic N) is 1. The van der Waals surface area contributed by atoms with Gasteiger partial charge in [-0.05, 0) is 50.0 Å². The third kappa shape index (κ3) is 3.72. The van der Waals surface area contributed by atoms with Gasteiger partial charge in [0.2, 0.25) is 0 Å². The molecule has 20 heavy (non-hydrogen) atoms. The zero-order chi connectivity index (χ0) is 14.7. The van der Waals surface area contributed by atoms with Crippen LogP contribution in [0.2, 0.25) is 5.02 Å². The summed E-state index contributed by atoms with van der Waals surface area (Å²) in [6.45, 7) is 3.89. The van der Waals surface area contributed by atoms with Crippen molar-refractivity contribution in [1.29, 1.82) is 0 Å². The van der Waals surface area contributed by atoms with Crippen molar-refractivity contribution in [3.63, 3.8) is 0 Å². The molecule has 110 valence electrons. The summed E-state index contributed by atoms with van der Waals surface area (Å²) in [5.74, 6) is -0.945. The van der Waals surface area contributed by atoms with Crippen LogP contribution in [-0.2, 0) is 4.79 Å². The van der Waals surface area contributed by atoms with E-state index in [1.165, 1.54) is 0 Å². The molecule has 1 heterocycles. The zero-order valence-electron chi connectivity index (χ0n) is 11.6. The van der Waals surface area contributed by atoms with Crippen molar-refractivity contribution in [2.45, 2.75) is 25.9 Å². The second kappa shape index (κ2) is 6.57. The van der Waals surface area contributed by atoms with Crippen molar-refractivity contribution < 1.29 is 15.0 Å². The van der Waals surface area contributed by atoms with Gasteiger partial charge in [-0.25, -0.2) is 0 Å². The number of halogens is 1. The molecule has 1 saturated heterocycles. The molecule has 5 heteroatoms. The molecule has 0 saturated carbocycles. The molecule has 0 bridgehead atoms. The lowest BCUT2D eigenvalue weighted by atomic mass is 9.96. The fourth-order valence-corrected chi connectivity index (χ4v) is 2.71. The predicted molar refractivity (Wildman–Crippen MR) is 77.9 cm³/mol. The Morgan fingerprint density at radius 3 is 2.65 bits per heavy atom. The standard InChI is InChI=1S/C15H20ClNO3/c1-10-8-12(2-3-13(10)16)14(18)9-17-6-4-11(5-7-17)15(19)20/h2-3,8,11,14,18H,4-7,9H2,1H3,(H,19,20). The maximum absolute atomic E-state index is 10.9. The Kier molecular flexibility index (Phi) is 5.02. The van der Waals surface area contributed by atoms with E-state index in [2.05, 4.69) is 4.90 Å². The third-order valence-corrected chi connectivity index (χ3v) is 4.36. The van der Waals surface area contributed by atoms with E-state index >= 15 is 0 Å². The van der Waals surface area contributed by atoms with Crippen LogP contribution in [0.1, 0.15) is 30.1 Å². The Balaban J connectivity index is 1.90. The number of rotatable bonds is 4. The van der Waals surface area contributed by atoms with Crippen molar-refractivity contribution in [2.24, 2.45) is 5.92 Å². The molecule has 1 aromatic rings. The van der Waals surface area contributed by atoms with Crippen LogP contribution in [-0.4, -0.2) is 40.7 Å². The molecule has 1 aromatic carbocycles. The molecule has 0 aromatic heterocycles. The SMILES string of the molecule is Cc1cc(C(O)CN2CCC(C(=O)O)CC2)ccc1Cl. The van der Waals surface area contributed by atoms with Crippen LogP contribution in [0.3, 0.4) is 0 Å². The smallest absolute Gasteiger partial charge is 0.306 e. The van der Waals surface area contributed by atoms with Gasteiger partial charge in [-0.15, -0.1) is 0 Å². The predicted octanol–water partition coefficient (Wildman–Crippen LogP) is 2.48. The lowest BCUT2D eigenvalue weighted by molar-refractivity contribution is -0.143. The minimum atomic E-state index is -0.710. The van der Waals surface area contributed by atoms with E-state index in [9.17, 15) is 9.90 Å². The number of piperidine rings is 1. The molecule has 1 aliphatic rings. The second-order valence-electron chi connectivity index (χ2n) is 5.44. The molecule has 2 rings (SSSR count). The van der Waals surface area contributed by atoms with Gasteiger partial charge in [-0.3, -0.25) is 4.79 Å². The number of carboxylic acid groups (broad SMARTS) is 1. The first-order valence-corrected chi connectivity index (χ1v) is 7.24. The van der Waals surface area contributed by atoms with Crippen molar-refractivity contribution in [3.05, 3.63) is 34.3 Å². The Morgan fingerprint density at radius 2 is 2.10 bits per heavy atom. The molecule has 1 aliphatic heterocycles. The molecule has 4 nitrogen and oxygen atoms in total. The number of aliphatic hydroxyl groups excluding tert-OH is 1. The second-order valence-corrected chi connectivity index (χ2v) is 5.84. The van der Waals surface area contributed by atoms with E-state index < -0.39 is 12.1 Å². The van der Waals surface area contributed by atoms with Crippen LogP contribution in [0.25, 0.3) is 0 Å². The highest BCUT2D eigenvalue weighted by molar-refractivity contribution is 6.31. The molecule has 0 amide bonds. The van der Waals surface area contributed by atoms with Crippen LogP contribution >= 0.6 is 11.6 Å². The van der Waals surface area contributed by atoms with Crippen LogP contribution < -0.4 is 0 Å². The highest BCUT2D eigenvalue weighted by atomic mass is 35.5. The van der Waals surface area contributed by atoms with Gasteiger partial charge in [0, 0.05) is 11.6 Å². The Hall–Kier alpha value is -1.10. The number of carboxylic acids is 1. The van der Waals surface area contributed by atoms with E-state index in [4.69, 9.17) is 16.7 Å². The summed E-state index contributed by atoms with van der Waals surface area (Å²) in [6, 6.07) is 5.53. The quantitative estimate of drug-likeness (QED) is 0.896. The minimum Gasteiger partial charge on any atom is -0.481 e. The van der Waals surface area contributed by atoms with Crippen LogP contribution in [0.15, 0.2) is 18.2 Å². The number of aryl methyl sites for hydroxylation is 1. The summed E-state index contributed by atoms with van der Waals surface area (Å²) in [5.41, 5.74) is 1.81. The molecule has 2 N–H and O–H groups in total. The van der Waals surface area contributed by atoms with E-state index in [0.717, 1.165) is 24.2 Å². The lowest BCUT2D eigenvalue weighted by Gasteiger charge is -2.31. The van der Waals surface area contributed by atoms with Gasteiger partial charge >= 0.3 is 5.97 Å². The number of likely N-dealkylation sites (tertiary alicyclic amines) is 1. The summed E-state index contributed by atoms with van der Waals surface area (Å²) < 4.78 is 0. The number of aliphatic carboxylic acids is 1. The van der Waals surface area contributed by atoms with Crippen molar-refractivity contribution in [3.8, 4) is 0 Å². The number of hydrogen-bond acceptors (Lipinski definition) is 3. The largest absolute Gasteiger partial charge is 0.481 e. The van der Waals surface area contributed by atoms with Crippen LogP contribution in [0, 0.1) is 12.8 Å². The minimum absolute atomic E-state index is 0.235. The first-order valence-electron chi connectivity index (χ1n) is 6.86. The first kappa shape index (κ1) is 15.3. The summed E-state index contributed by atoms with van der Waals surface area (Å²) in [7, 11) is 0. The average molecular weight is 298 g/mol. The monoisotopic (exact) mass is 297 g/mol. The number of hydrogen-bond donors (Lipinski definition) is 2. The number of carbonyl (C=O) groups is 1. The van der Waals surface area contributed by atoms with Gasteiger partial charge in [-0.2, -0.15) is 0 Å². The normalized spacial score (nSPS) is 18.9. The van der Waals surface area contributed by atoms with Gasteiger partial charge in [0.15, 0.2) is 0 Å². The Morgan fingerprint density at radius 1 is 1.45 bits per heavy atom. The molecular weight excluding hydrogens is 278 g/mol. The summed E-state index contributed by atoms with van der Waals surface area (Å²) >= 11 is 5.98. The van der Waals surface area contributed by atoms with Gasteiger partial charge in [0.25, 0.3) is 0 Å². The fourth-order valence-electron chi connectivity index (χ4n) is 2.59. The third-order valence-electron chi connectivity index (χ3n) is 3.93. The Bertz CT molecular complexity index is 484. The summed E-state index contributed by atoms with van der Waals surface area (Å²) in [6.07, 6.45) is 0.746. The highest BCUT2D eigenvalue weighted by Gasteiger charge is 2.25. The summed E-state index contributed by atoms with van der Waals surface area (Å²) in [4.78, 5) is 13.0.